The molecular weight excluding hydrogens is 376 g/mol. The minimum Gasteiger partial charge on any atom is -0.478 e. The van der Waals surface area contributed by atoms with Gasteiger partial charge in [0.25, 0.3) is 5.91 Å². The monoisotopic (exact) mass is 402 g/mol. The molecule has 1 fully saturated rings. The number of halogens is 1. The SMILES string of the molecule is CCOc1ccc(Cl)c(C(=O)NCc2ccc(CN3CCN(C)CC3)cc2)n1. The van der Waals surface area contributed by atoms with E-state index in [2.05, 4.69) is 51.4 Å². The molecule has 1 saturated heterocycles. The smallest absolute Gasteiger partial charge is 0.271 e. The molecule has 0 atom stereocenters. The molecule has 28 heavy (non-hydrogen) atoms. The number of nitrogens with one attached hydrogen (secondary N) is 1. The summed E-state index contributed by atoms with van der Waals surface area (Å²) in [6.45, 7) is 8.16. The van der Waals surface area contributed by atoms with Crippen LogP contribution in [0.25, 0.3) is 0 Å². The summed E-state index contributed by atoms with van der Waals surface area (Å²) in [6.07, 6.45) is 0. The van der Waals surface area contributed by atoms with Crippen molar-refractivity contribution < 1.29 is 9.53 Å². The van der Waals surface area contributed by atoms with E-state index in [0.29, 0.717) is 24.1 Å². The van der Waals surface area contributed by atoms with Crippen molar-refractivity contribution >= 4 is 17.5 Å². The molecule has 1 N–H and O–H groups in total. The molecule has 1 aromatic carbocycles. The van der Waals surface area contributed by atoms with Gasteiger partial charge in [0.1, 0.15) is 0 Å². The molecule has 0 radical (unpaired) electrons. The Morgan fingerprint density at radius 2 is 1.79 bits per heavy atom. The molecule has 0 unspecified atom stereocenters. The number of ether oxygens (including phenoxy) is 1. The van der Waals surface area contributed by atoms with Gasteiger partial charge in [-0.15, -0.1) is 0 Å². The van der Waals surface area contributed by atoms with E-state index < -0.39 is 0 Å². The second-order valence-electron chi connectivity index (χ2n) is 6.99. The highest BCUT2D eigenvalue weighted by atomic mass is 35.5. The van der Waals surface area contributed by atoms with E-state index in [1.807, 2.05) is 6.92 Å². The van der Waals surface area contributed by atoms with Crippen LogP contribution in [0, 0.1) is 0 Å². The highest BCUT2D eigenvalue weighted by Gasteiger charge is 2.15. The first kappa shape index (κ1) is 20.6. The Hall–Kier alpha value is -2.15. The molecule has 1 amide bonds. The first-order valence-electron chi connectivity index (χ1n) is 9.61. The Bertz CT molecular complexity index is 789. The molecule has 0 bridgehead atoms. The van der Waals surface area contributed by atoms with Crippen molar-refractivity contribution in [3.8, 4) is 5.88 Å². The van der Waals surface area contributed by atoms with Crippen LogP contribution in [0.2, 0.25) is 5.02 Å². The molecule has 1 aromatic heterocycles. The lowest BCUT2D eigenvalue weighted by Crippen LogP contribution is -2.43. The van der Waals surface area contributed by atoms with Gasteiger partial charge in [0, 0.05) is 45.3 Å². The number of amides is 1. The normalized spacial score (nSPS) is 15.4. The third kappa shape index (κ3) is 5.67. The minimum atomic E-state index is -0.312. The van der Waals surface area contributed by atoms with E-state index in [1.165, 1.54) is 5.56 Å². The van der Waals surface area contributed by atoms with E-state index in [-0.39, 0.29) is 11.6 Å². The van der Waals surface area contributed by atoms with Gasteiger partial charge in [0.05, 0.1) is 11.6 Å². The number of rotatable bonds is 7. The Balaban J connectivity index is 1.53. The molecular formula is C21H27ClN4O2. The summed E-state index contributed by atoms with van der Waals surface area (Å²) in [5.41, 5.74) is 2.50. The van der Waals surface area contributed by atoms with E-state index in [0.717, 1.165) is 38.3 Å². The molecule has 0 saturated carbocycles. The summed E-state index contributed by atoms with van der Waals surface area (Å²) >= 11 is 6.11. The Morgan fingerprint density at radius 1 is 1.11 bits per heavy atom. The van der Waals surface area contributed by atoms with Gasteiger partial charge in [-0.25, -0.2) is 4.98 Å². The van der Waals surface area contributed by atoms with Crippen LogP contribution < -0.4 is 10.1 Å². The van der Waals surface area contributed by atoms with E-state index in [1.54, 1.807) is 12.1 Å². The van der Waals surface area contributed by atoms with Crippen LogP contribution in [-0.2, 0) is 13.1 Å². The van der Waals surface area contributed by atoms with Crippen molar-refractivity contribution in [3.05, 3.63) is 58.2 Å². The highest BCUT2D eigenvalue weighted by Crippen LogP contribution is 2.18. The zero-order valence-electron chi connectivity index (χ0n) is 16.4. The van der Waals surface area contributed by atoms with Gasteiger partial charge in [-0.3, -0.25) is 9.69 Å². The lowest BCUT2D eigenvalue weighted by atomic mass is 10.1. The largest absolute Gasteiger partial charge is 0.478 e. The molecule has 0 spiro atoms. The standard InChI is InChI=1S/C21H27ClN4O2/c1-3-28-19-9-8-18(22)20(24-19)21(27)23-14-16-4-6-17(7-5-16)15-26-12-10-25(2)11-13-26/h4-9H,3,10-15H2,1-2H3,(H,23,27). The van der Waals surface area contributed by atoms with Gasteiger partial charge in [0.15, 0.2) is 5.69 Å². The molecule has 2 heterocycles. The zero-order valence-corrected chi connectivity index (χ0v) is 17.2. The van der Waals surface area contributed by atoms with Crippen molar-refractivity contribution in [2.45, 2.75) is 20.0 Å². The fraction of sp³-hybridized carbons (Fsp3) is 0.429. The van der Waals surface area contributed by atoms with E-state index >= 15 is 0 Å². The third-order valence-corrected chi connectivity index (χ3v) is 5.11. The van der Waals surface area contributed by atoms with Crippen molar-refractivity contribution in [2.24, 2.45) is 0 Å². The van der Waals surface area contributed by atoms with Crippen LogP contribution in [0.1, 0.15) is 28.5 Å². The Kier molecular flexibility index (Phi) is 7.25. The third-order valence-electron chi connectivity index (χ3n) is 4.81. The molecule has 150 valence electrons. The second-order valence-corrected chi connectivity index (χ2v) is 7.40. The van der Waals surface area contributed by atoms with Gasteiger partial charge < -0.3 is 15.0 Å². The summed E-state index contributed by atoms with van der Waals surface area (Å²) in [4.78, 5) is 21.4. The number of piperazine rings is 1. The topological polar surface area (TPSA) is 57.7 Å². The fourth-order valence-electron chi connectivity index (χ4n) is 3.10. The van der Waals surface area contributed by atoms with Crippen molar-refractivity contribution in [3.63, 3.8) is 0 Å². The van der Waals surface area contributed by atoms with Crippen LogP contribution in [-0.4, -0.2) is 60.5 Å². The first-order valence-corrected chi connectivity index (χ1v) is 9.99. The van der Waals surface area contributed by atoms with Gasteiger partial charge in [-0.1, -0.05) is 35.9 Å². The molecule has 6 nitrogen and oxygen atoms in total. The quantitative estimate of drug-likeness (QED) is 0.771. The highest BCUT2D eigenvalue weighted by molar-refractivity contribution is 6.33. The van der Waals surface area contributed by atoms with Crippen molar-refractivity contribution in [1.82, 2.24) is 20.1 Å². The number of carbonyl (C=O) groups excluding carboxylic acids is 1. The molecule has 0 aliphatic carbocycles. The maximum Gasteiger partial charge on any atom is 0.271 e. The van der Waals surface area contributed by atoms with Crippen molar-refractivity contribution in [1.29, 1.82) is 0 Å². The number of benzene rings is 1. The summed E-state index contributed by atoms with van der Waals surface area (Å²) < 4.78 is 5.34. The number of hydrogen-bond donors (Lipinski definition) is 1. The number of hydrogen-bond acceptors (Lipinski definition) is 5. The van der Waals surface area contributed by atoms with Crippen LogP contribution in [0.4, 0.5) is 0 Å². The van der Waals surface area contributed by atoms with Crippen LogP contribution >= 0.6 is 11.6 Å². The number of pyridine rings is 1. The molecule has 7 heteroatoms. The molecule has 3 rings (SSSR count). The maximum atomic E-state index is 12.4. The predicted molar refractivity (Wildman–Crippen MR) is 111 cm³/mol. The lowest BCUT2D eigenvalue weighted by molar-refractivity contribution is 0.0945. The van der Waals surface area contributed by atoms with E-state index in [4.69, 9.17) is 16.3 Å². The van der Waals surface area contributed by atoms with Gasteiger partial charge in [-0.05, 0) is 31.2 Å². The van der Waals surface area contributed by atoms with Gasteiger partial charge in [-0.2, -0.15) is 0 Å². The second kappa shape index (κ2) is 9.87. The summed E-state index contributed by atoms with van der Waals surface area (Å²) in [7, 11) is 2.16. The Morgan fingerprint density at radius 3 is 2.46 bits per heavy atom. The van der Waals surface area contributed by atoms with Crippen LogP contribution in [0.5, 0.6) is 5.88 Å². The minimum absolute atomic E-state index is 0.180. The zero-order chi connectivity index (χ0) is 19.9. The molecule has 1 aliphatic heterocycles. The summed E-state index contributed by atoms with van der Waals surface area (Å²) in [6, 6.07) is 11.6. The molecule has 2 aromatic rings. The number of nitrogens with zero attached hydrogens (tertiary/aromatic N) is 3. The van der Waals surface area contributed by atoms with Gasteiger partial charge in [0.2, 0.25) is 5.88 Å². The Labute approximate surface area is 171 Å². The number of carbonyl (C=O) groups is 1. The fourth-order valence-corrected chi connectivity index (χ4v) is 3.30. The summed E-state index contributed by atoms with van der Waals surface area (Å²) in [5, 5.41) is 3.18. The van der Waals surface area contributed by atoms with E-state index in [9.17, 15) is 4.79 Å². The number of aromatic nitrogens is 1. The van der Waals surface area contributed by atoms with Gasteiger partial charge >= 0.3 is 0 Å². The average Bonchev–Trinajstić information content (AvgIpc) is 2.70. The summed E-state index contributed by atoms with van der Waals surface area (Å²) in [5.74, 6) is 0.0818. The van der Waals surface area contributed by atoms with Crippen LogP contribution in [0.3, 0.4) is 0 Å². The van der Waals surface area contributed by atoms with Crippen molar-refractivity contribution in [2.75, 3.05) is 39.8 Å². The first-order chi connectivity index (χ1) is 13.5. The molecule has 1 aliphatic rings. The average molecular weight is 403 g/mol. The maximum absolute atomic E-state index is 12.4. The number of likely N-dealkylation sites (N-methyl/N-ethyl adjacent to an activating group) is 1. The lowest BCUT2D eigenvalue weighted by Gasteiger charge is -2.32. The predicted octanol–water partition coefficient (Wildman–Crippen LogP) is 2.81. The van der Waals surface area contributed by atoms with Crippen LogP contribution in [0.15, 0.2) is 36.4 Å².